The van der Waals surface area contributed by atoms with Gasteiger partial charge in [-0.15, -0.1) is 10.2 Å². The molecule has 1 atom stereocenters. The highest BCUT2D eigenvalue weighted by Crippen LogP contribution is 2.21. The van der Waals surface area contributed by atoms with Crippen LogP contribution in [0.4, 0.5) is 0 Å². The summed E-state index contributed by atoms with van der Waals surface area (Å²) in [6.07, 6.45) is 1.72. The first-order chi connectivity index (χ1) is 9.81. The lowest BCUT2D eigenvalue weighted by Gasteiger charge is -2.20. The molecule has 0 bridgehead atoms. The summed E-state index contributed by atoms with van der Waals surface area (Å²) in [5.41, 5.74) is -0.407. The fourth-order valence-corrected chi connectivity index (χ4v) is 1.99. The highest BCUT2D eigenvalue weighted by molar-refractivity contribution is 5.84. The van der Waals surface area contributed by atoms with Crippen LogP contribution in [0.25, 0.3) is 5.65 Å². The molecule has 0 fully saturated rings. The largest absolute Gasteiger partial charge is 0.481 e. The third-order valence-corrected chi connectivity index (χ3v) is 3.29. The Morgan fingerprint density at radius 3 is 2.76 bits per heavy atom. The molecule has 0 aliphatic carbocycles. The van der Waals surface area contributed by atoms with Crippen molar-refractivity contribution in [3.63, 3.8) is 0 Å². The zero-order valence-electron chi connectivity index (χ0n) is 12.2. The molecule has 2 heterocycles. The molecule has 1 amide bonds. The number of aromatic nitrogens is 3. The number of amides is 1. The van der Waals surface area contributed by atoms with Gasteiger partial charge in [-0.1, -0.05) is 6.07 Å². The first kappa shape index (κ1) is 15.0. The number of rotatable bonds is 5. The lowest BCUT2D eigenvalue weighted by Crippen LogP contribution is -2.35. The molecular formula is C14H18N4O3. The number of fused-ring (bicyclic) bond motifs is 1. The van der Waals surface area contributed by atoms with Gasteiger partial charge in [0.15, 0.2) is 11.5 Å². The minimum Gasteiger partial charge on any atom is -0.481 e. The molecule has 0 aliphatic rings. The maximum Gasteiger partial charge on any atom is 0.309 e. The Labute approximate surface area is 122 Å². The Morgan fingerprint density at radius 1 is 1.38 bits per heavy atom. The predicted molar refractivity (Wildman–Crippen MR) is 75.6 cm³/mol. The van der Waals surface area contributed by atoms with E-state index in [0.29, 0.717) is 11.5 Å². The fraction of sp³-hybridized carbons (Fsp3) is 0.429. The molecule has 0 spiro atoms. The Hall–Kier alpha value is -2.44. The van der Waals surface area contributed by atoms with Crippen molar-refractivity contribution in [3.05, 3.63) is 30.2 Å². The van der Waals surface area contributed by atoms with Crippen LogP contribution in [0.3, 0.4) is 0 Å². The lowest BCUT2D eigenvalue weighted by molar-refractivity contribution is -0.149. The highest BCUT2D eigenvalue weighted by atomic mass is 16.4. The zero-order chi connectivity index (χ0) is 15.6. The molecule has 0 aromatic carbocycles. The average Bonchev–Trinajstić information content (AvgIpc) is 2.81. The number of hydrogen-bond acceptors (Lipinski definition) is 4. The van der Waals surface area contributed by atoms with Gasteiger partial charge in [0.2, 0.25) is 5.91 Å². The van der Waals surface area contributed by atoms with Crippen molar-refractivity contribution >= 4 is 17.5 Å². The van der Waals surface area contributed by atoms with Crippen LogP contribution in [0, 0.1) is 5.41 Å². The summed E-state index contributed by atoms with van der Waals surface area (Å²) in [5, 5.41) is 19.9. The van der Waals surface area contributed by atoms with E-state index >= 15 is 0 Å². The molecule has 1 unspecified atom stereocenters. The smallest absolute Gasteiger partial charge is 0.309 e. The van der Waals surface area contributed by atoms with E-state index in [-0.39, 0.29) is 18.4 Å². The minimum atomic E-state index is -1.10. The van der Waals surface area contributed by atoms with E-state index in [1.165, 1.54) is 13.8 Å². The summed E-state index contributed by atoms with van der Waals surface area (Å²) in [4.78, 5) is 23.0. The van der Waals surface area contributed by atoms with E-state index < -0.39 is 11.4 Å². The van der Waals surface area contributed by atoms with Gasteiger partial charge < -0.3 is 10.4 Å². The summed E-state index contributed by atoms with van der Waals surface area (Å²) in [5.74, 6) is -0.729. The van der Waals surface area contributed by atoms with Crippen LogP contribution in [0.1, 0.15) is 39.1 Å². The molecule has 2 aromatic heterocycles. The number of carbonyl (C=O) groups excluding carboxylic acids is 1. The molecule has 7 nitrogen and oxygen atoms in total. The van der Waals surface area contributed by atoms with Crippen LogP contribution >= 0.6 is 0 Å². The third kappa shape index (κ3) is 3.18. The van der Waals surface area contributed by atoms with Crippen molar-refractivity contribution in [2.75, 3.05) is 0 Å². The predicted octanol–water partition coefficient (Wildman–Crippen LogP) is 1.41. The quantitative estimate of drug-likeness (QED) is 0.867. The molecule has 0 saturated carbocycles. The van der Waals surface area contributed by atoms with Crippen molar-refractivity contribution in [2.24, 2.45) is 5.41 Å². The van der Waals surface area contributed by atoms with Gasteiger partial charge in [0.05, 0.1) is 11.5 Å². The second kappa shape index (κ2) is 5.51. The summed E-state index contributed by atoms with van der Waals surface area (Å²) < 4.78 is 1.79. The normalized spacial score (nSPS) is 13.1. The van der Waals surface area contributed by atoms with Gasteiger partial charge in [-0.05, 0) is 32.9 Å². The number of hydrogen-bond donors (Lipinski definition) is 2. The molecular weight excluding hydrogens is 272 g/mol. The van der Waals surface area contributed by atoms with Crippen molar-refractivity contribution in [3.8, 4) is 0 Å². The highest BCUT2D eigenvalue weighted by Gasteiger charge is 2.30. The third-order valence-electron chi connectivity index (χ3n) is 3.29. The fourth-order valence-electron chi connectivity index (χ4n) is 1.99. The van der Waals surface area contributed by atoms with E-state index in [2.05, 4.69) is 15.5 Å². The van der Waals surface area contributed by atoms with Crippen LogP contribution in [0.2, 0.25) is 0 Å². The number of carbonyl (C=O) groups is 2. The van der Waals surface area contributed by atoms with Gasteiger partial charge in [-0.3, -0.25) is 14.0 Å². The van der Waals surface area contributed by atoms with Crippen molar-refractivity contribution in [2.45, 2.75) is 33.2 Å². The van der Waals surface area contributed by atoms with Gasteiger partial charge in [0.1, 0.15) is 0 Å². The number of aliphatic carboxylic acids is 1. The van der Waals surface area contributed by atoms with Crippen molar-refractivity contribution in [1.29, 1.82) is 0 Å². The summed E-state index contributed by atoms with van der Waals surface area (Å²) >= 11 is 0. The first-order valence-electron chi connectivity index (χ1n) is 6.63. The van der Waals surface area contributed by atoms with Crippen molar-refractivity contribution < 1.29 is 14.7 Å². The van der Waals surface area contributed by atoms with E-state index in [9.17, 15) is 9.59 Å². The topological polar surface area (TPSA) is 96.6 Å². The average molecular weight is 290 g/mol. The van der Waals surface area contributed by atoms with Crippen LogP contribution in [-0.2, 0) is 9.59 Å². The van der Waals surface area contributed by atoms with E-state index in [0.717, 1.165) is 0 Å². The van der Waals surface area contributed by atoms with Crippen LogP contribution in [-0.4, -0.2) is 31.6 Å². The second-order valence-electron chi connectivity index (χ2n) is 5.64. The zero-order valence-corrected chi connectivity index (χ0v) is 12.2. The monoisotopic (exact) mass is 290 g/mol. The van der Waals surface area contributed by atoms with Crippen molar-refractivity contribution in [1.82, 2.24) is 19.9 Å². The summed E-state index contributed by atoms with van der Waals surface area (Å²) in [7, 11) is 0. The molecule has 2 N–H and O–H groups in total. The maximum atomic E-state index is 12.0. The minimum absolute atomic E-state index is 0.0938. The maximum absolute atomic E-state index is 12.0. The number of carboxylic acid groups (broad SMARTS) is 1. The lowest BCUT2D eigenvalue weighted by atomic mass is 9.89. The van der Waals surface area contributed by atoms with E-state index in [1.54, 1.807) is 11.3 Å². The Morgan fingerprint density at radius 2 is 2.10 bits per heavy atom. The SMILES string of the molecule is CC(NC(=O)CC(C)(C)C(=O)O)c1nnc2ccccn12. The van der Waals surface area contributed by atoms with E-state index in [4.69, 9.17) is 5.11 Å². The molecule has 0 saturated heterocycles. The number of pyridine rings is 1. The number of carboxylic acids is 1. The molecule has 0 aliphatic heterocycles. The Kier molecular flexibility index (Phi) is 3.93. The standard InChI is InChI=1S/C14H18N4O3/c1-9(15-11(19)8-14(2,3)13(20)21)12-17-16-10-6-4-5-7-18(10)12/h4-7,9H,8H2,1-3H3,(H,15,19)(H,20,21). The summed E-state index contributed by atoms with van der Waals surface area (Å²) in [6.45, 7) is 4.83. The van der Waals surface area contributed by atoms with Gasteiger partial charge >= 0.3 is 5.97 Å². The molecule has 112 valence electrons. The van der Waals surface area contributed by atoms with Crippen LogP contribution in [0.5, 0.6) is 0 Å². The Balaban J connectivity index is 2.09. The molecule has 2 rings (SSSR count). The number of nitrogens with one attached hydrogen (secondary N) is 1. The van der Waals surface area contributed by atoms with Gasteiger partial charge in [0.25, 0.3) is 0 Å². The molecule has 7 heteroatoms. The van der Waals surface area contributed by atoms with E-state index in [1.807, 2.05) is 24.4 Å². The van der Waals surface area contributed by atoms with Gasteiger partial charge in [-0.2, -0.15) is 0 Å². The van der Waals surface area contributed by atoms with Crippen LogP contribution in [0.15, 0.2) is 24.4 Å². The second-order valence-corrected chi connectivity index (χ2v) is 5.64. The Bertz CT molecular complexity index is 678. The van der Waals surface area contributed by atoms with Gasteiger partial charge in [0, 0.05) is 12.6 Å². The molecule has 2 aromatic rings. The molecule has 0 radical (unpaired) electrons. The molecule has 21 heavy (non-hydrogen) atoms. The first-order valence-corrected chi connectivity index (χ1v) is 6.63. The summed E-state index contributed by atoms with van der Waals surface area (Å²) in [6, 6.07) is 5.16. The number of nitrogens with zero attached hydrogens (tertiary/aromatic N) is 3. The van der Waals surface area contributed by atoms with Crippen LogP contribution < -0.4 is 5.32 Å². The van der Waals surface area contributed by atoms with Gasteiger partial charge in [-0.25, -0.2) is 0 Å².